The van der Waals surface area contributed by atoms with E-state index in [9.17, 15) is 13.6 Å². The first-order valence-corrected chi connectivity index (χ1v) is 6.66. The minimum atomic E-state index is -2.57. The maximum Gasteiger partial charge on any atom is 0.291 e. The number of nitrogens with zero attached hydrogens (tertiary/aromatic N) is 2. The molecule has 1 N–H and O–H groups in total. The summed E-state index contributed by atoms with van der Waals surface area (Å²) in [6.45, 7) is 2.30. The summed E-state index contributed by atoms with van der Waals surface area (Å²) in [6.07, 6.45) is 0. The molecule has 0 bridgehead atoms. The number of halogens is 2. The number of aromatic nitrogens is 2. The van der Waals surface area contributed by atoms with Crippen molar-refractivity contribution < 1.29 is 13.6 Å². The number of thioether (sulfide) groups is 1. The minimum absolute atomic E-state index is 0.0105. The number of fused-ring (bicyclic) bond motifs is 1. The van der Waals surface area contributed by atoms with E-state index >= 15 is 0 Å². The maximum atomic E-state index is 12.5. The van der Waals surface area contributed by atoms with E-state index < -0.39 is 5.76 Å². The standard InChI is InChI=1S/C12H13F2N3OS/c1-2-15-10(18)7-17-9-6-4-3-5-8(9)16-12(17)19-11(13)14/h3-6,11H,2,7H2,1H3,(H,15,18). The number of hydrogen-bond acceptors (Lipinski definition) is 3. The fraction of sp³-hybridized carbons (Fsp3) is 0.333. The van der Waals surface area contributed by atoms with Crippen molar-refractivity contribution in [2.24, 2.45) is 0 Å². The average Bonchev–Trinajstić information content (AvgIpc) is 2.67. The molecule has 0 aliphatic heterocycles. The summed E-state index contributed by atoms with van der Waals surface area (Å²) < 4.78 is 26.6. The van der Waals surface area contributed by atoms with Gasteiger partial charge in [-0.2, -0.15) is 8.78 Å². The quantitative estimate of drug-likeness (QED) is 0.859. The Bertz CT molecular complexity index is 585. The second-order valence-corrected chi connectivity index (χ2v) is 4.76. The van der Waals surface area contributed by atoms with Gasteiger partial charge in [0.05, 0.1) is 11.0 Å². The number of hydrogen-bond donors (Lipinski definition) is 1. The smallest absolute Gasteiger partial charge is 0.291 e. The van der Waals surface area contributed by atoms with Crippen molar-refractivity contribution in [3.63, 3.8) is 0 Å². The summed E-state index contributed by atoms with van der Waals surface area (Å²) in [4.78, 5) is 15.8. The molecule has 4 nitrogen and oxygen atoms in total. The number of amides is 1. The van der Waals surface area contributed by atoms with Crippen LogP contribution in [0.15, 0.2) is 29.4 Å². The molecule has 0 radical (unpaired) electrons. The zero-order chi connectivity index (χ0) is 13.8. The third-order valence-electron chi connectivity index (χ3n) is 2.49. The van der Waals surface area contributed by atoms with Crippen molar-refractivity contribution in [2.75, 3.05) is 6.54 Å². The summed E-state index contributed by atoms with van der Waals surface area (Å²) in [7, 11) is 0. The van der Waals surface area contributed by atoms with Crippen LogP contribution in [0.1, 0.15) is 6.92 Å². The van der Waals surface area contributed by atoms with Crippen molar-refractivity contribution in [3.05, 3.63) is 24.3 Å². The highest BCUT2D eigenvalue weighted by atomic mass is 32.2. The normalized spacial score (nSPS) is 11.2. The number of alkyl halides is 2. The Morgan fingerprint density at radius 3 is 2.89 bits per heavy atom. The Hall–Kier alpha value is -1.63. The second kappa shape index (κ2) is 6.01. The Labute approximate surface area is 113 Å². The van der Waals surface area contributed by atoms with Gasteiger partial charge in [0.1, 0.15) is 6.54 Å². The lowest BCUT2D eigenvalue weighted by molar-refractivity contribution is -0.121. The van der Waals surface area contributed by atoms with Gasteiger partial charge in [0.25, 0.3) is 5.76 Å². The van der Waals surface area contributed by atoms with Crippen LogP contribution < -0.4 is 5.32 Å². The lowest BCUT2D eigenvalue weighted by Crippen LogP contribution is -2.27. The molecule has 2 aromatic rings. The molecule has 0 aliphatic rings. The molecule has 0 unspecified atom stereocenters. The monoisotopic (exact) mass is 285 g/mol. The average molecular weight is 285 g/mol. The number of para-hydroxylation sites is 2. The van der Waals surface area contributed by atoms with E-state index in [4.69, 9.17) is 0 Å². The first-order valence-electron chi connectivity index (χ1n) is 5.78. The minimum Gasteiger partial charge on any atom is -0.355 e. The fourth-order valence-corrected chi connectivity index (χ4v) is 2.37. The second-order valence-electron chi connectivity index (χ2n) is 3.80. The Balaban J connectivity index is 2.39. The molecule has 0 saturated carbocycles. The predicted octanol–water partition coefficient (Wildman–Crippen LogP) is 2.49. The van der Waals surface area contributed by atoms with Crippen LogP contribution in [0.3, 0.4) is 0 Å². The summed E-state index contributed by atoms with van der Waals surface area (Å²) in [5.74, 6) is -2.79. The fourth-order valence-electron chi connectivity index (χ4n) is 1.77. The largest absolute Gasteiger partial charge is 0.355 e. The third-order valence-corrected chi connectivity index (χ3v) is 3.19. The first kappa shape index (κ1) is 13.8. The van der Waals surface area contributed by atoms with E-state index in [1.165, 1.54) is 4.57 Å². The van der Waals surface area contributed by atoms with Gasteiger partial charge in [-0.15, -0.1) is 0 Å². The SMILES string of the molecule is CCNC(=O)Cn1c(SC(F)F)nc2ccccc21. The van der Waals surface area contributed by atoms with Crippen LogP contribution in [0, 0.1) is 0 Å². The number of benzene rings is 1. The number of carbonyl (C=O) groups is 1. The summed E-state index contributed by atoms with van der Waals surface area (Å²) in [6, 6.07) is 7.06. The molecule has 0 spiro atoms. The van der Waals surface area contributed by atoms with Crippen LogP contribution in [0.5, 0.6) is 0 Å². The Kier molecular flexibility index (Phi) is 4.36. The molecule has 0 atom stereocenters. The van der Waals surface area contributed by atoms with Crippen molar-refractivity contribution in [3.8, 4) is 0 Å². The predicted molar refractivity (Wildman–Crippen MR) is 70.3 cm³/mol. The zero-order valence-corrected chi connectivity index (χ0v) is 11.1. The van der Waals surface area contributed by atoms with Gasteiger partial charge >= 0.3 is 0 Å². The van der Waals surface area contributed by atoms with Crippen molar-refractivity contribution in [1.29, 1.82) is 0 Å². The molecule has 1 amide bonds. The van der Waals surface area contributed by atoms with Gasteiger partial charge in [0.15, 0.2) is 5.16 Å². The molecule has 0 aliphatic carbocycles. The van der Waals surface area contributed by atoms with Gasteiger partial charge < -0.3 is 9.88 Å². The molecule has 102 valence electrons. The molecule has 19 heavy (non-hydrogen) atoms. The van der Waals surface area contributed by atoms with Crippen LogP contribution >= 0.6 is 11.8 Å². The number of likely N-dealkylation sites (N-methyl/N-ethyl adjacent to an activating group) is 1. The molecular formula is C12H13F2N3OS. The first-order chi connectivity index (χ1) is 9.11. The highest BCUT2D eigenvalue weighted by Gasteiger charge is 2.17. The van der Waals surface area contributed by atoms with Crippen LogP contribution in [0.2, 0.25) is 0 Å². The molecule has 1 aromatic heterocycles. The van der Waals surface area contributed by atoms with Crippen LogP contribution in [-0.2, 0) is 11.3 Å². The van der Waals surface area contributed by atoms with Crippen LogP contribution in [0.25, 0.3) is 11.0 Å². The molecule has 7 heteroatoms. The topological polar surface area (TPSA) is 46.9 Å². The lowest BCUT2D eigenvalue weighted by Gasteiger charge is -2.08. The molecular weight excluding hydrogens is 272 g/mol. The summed E-state index contributed by atoms with van der Waals surface area (Å²) in [5, 5.41) is 2.80. The molecule has 0 saturated heterocycles. The van der Waals surface area contributed by atoms with E-state index in [0.717, 1.165) is 0 Å². The third kappa shape index (κ3) is 3.23. The summed E-state index contributed by atoms with van der Waals surface area (Å²) >= 11 is 0.349. The van der Waals surface area contributed by atoms with Crippen molar-refractivity contribution in [2.45, 2.75) is 24.4 Å². The summed E-state index contributed by atoms with van der Waals surface area (Å²) in [5.41, 5.74) is 1.28. The highest BCUT2D eigenvalue weighted by Crippen LogP contribution is 2.28. The van der Waals surface area contributed by atoms with Gasteiger partial charge in [-0.3, -0.25) is 4.79 Å². The van der Waals surface area contributed by atoms with Gasteiger partial charge in [0.2, 0.25) is 5.91 Å². The van der Waals surface area contributed by atoms with E-state index in [1.807, 2.05) is 0 Å². The highest BCUT2D eigenvalue weighted by molar-refractivity contribution is 7.99. The van der Waals surface area contributed by atoms with Gasteiger partial charge in [-0.05, 0) is 30.8 Å². The van der Waals surface area contributed by atoms with E-state index in [0.29, 0.717) is 29.3 Å². The van der Waals surface area contributed by atoms with E-state index in [-0.39, 0.29) is 17.6 Å². The number of nitrogens with one attached hydrogen (secondary N) is 1. The van der Waals surface area contributed by atoms with E-state index in [2.05, 4.69) is 10.3 Å². The van der Waals surface area contributed by atoms with Gasteiger partial charge in [-0.1, -0.05) is 12.1 Å². The molecule has 0 fully saturated rings. The zero-order valence-electron chi connectivity index (χ0n) is 10.3. The number of carbonyl (C=O) groups excluding carboxylic acids is 1. The Morgan fingerprint density at radius 2 is 2.21 bits per heavy atom. The molecule has 1 heterocycles. The molecule has 1 aromatic carbocycles. The van der Waals surface area contributed by atoms with Gasteiger partial charge in [0, 0.05) is 6.54 Å². The molecule has 2 rings (SSSR count). The van der Waals surface area contributed by atoms with Crippen molar-refractivity contribution in [1.82, 2.24) is 14.9 Å². The van der Waals surface area contributed by atoms with Crippen LogP contribution in [0.4, 0.5) is 8.78 Å². The van der Waals surface area contributed by atoms with Crippen molar-refractivity contribution >= 4 is 28.7 Å². The Morgan fingerprint density at radius 1 is 1.47 bits per heavy atom. The van der Waals surface area contributed by atoms with Crippen LogP contribution in [-0.4, -0.2) is 27.8 Å². The number of imidazole rings is 1. The lowest BCUT2D eigenvalue weighted by atomic mass is 10.3. The maximum absolute atomic E-state index is 12.5. The van der Waals surface area contributed by atoms with Gasteiger partial charge in [-0.25, -0.2) is 4.98 Å². The number of rotatable bonds is 5. The van der Waals surface area contributed by atoms with E-state index in [1.54, 1.807) is 31.2 Å².